The maximum Gasteiger partial charge on any atom is 0.335 e. The summed E-state index contributed by atoms with van der Waals surface area (Å²) in [5, 5.41) is 11.4. The highest BCUT2D eigenvalue weighted by Gasteiger charge is 2.11. The van der Waals surface area contributed by atoms with Gasteiger partial charge in [-0.05, 0) is 30.5 Å². The molecule has 0 atom stereocenters. The molecule has 0 saturated heterocycles. The Morgan fingerprint density at radius 2 is 1.88 bits per heavy atom. The van der Waals surface area contributed by atoms with Crippen LogP contribution in [-0.2, 0) is 26.0 Å². The fourth-order valence-corrected chi connectivity index (χ4v) is 2.86. The molecule has 0 saturated carbocycles. The lowest BCUT2D eigenvalue weighted by molar-refractivity contribution is -0.119. The molecular formula is C15H22N2O6S. The zero-order valence-electron chi connectivity index (χ0n) is 13.4. The second-order valence-corrected chi connectivity index (χ2v) is 7.01. The van der Waals surface area contributed by atoms with Crippen molar-refractivity contribution in [2.24, 2.45) is 0 Å². The van der Waals surface area contributed by atoms with Gasteiger partial charge in [-0.2, -0.15) is 0 Å². The Bertz CT molecular complexity index is 642. The molecule has 0 aliphatic rings. The van der Waals surface area contributed by atoms with E-state index >= 15 is 0 Å². The molecule has 1 aromatic carbocycles. The first kappa shape index (κ1) is 20.1. The van der Waals surface area contributed by atoms with Crippen LogP contribution in [0.2, 0.25) is 0 Å². The topological polar surface area (TPSA) is 122 Å². The van der Waals surface area contributed by atoms with Crippen molar-refractivity contribution >= 4 is 21.9 Å². The van der Waals surface area contributed by atoms with E-state index in [-0.39, 0.29) is 17.9 Å². The molecule has 1 amide bonds. The molecule has 0 spiro atoms. The maximum absolute atomic E-state index is 11.6. The number of carboxylic acid groups (broad SMARTS) is 1. The van der Waals surface area contributed by atoms with Gasteiger partial charge in [-0.15, -0.1) is 0 Å². The van der Waals surface area contributed by atoms with Crippen LogP contribution in [0.3, 0.4) is 0 Å². The summed E-state index contributed by atoms with van der Waals surface area (Å²) in [6, 6.07) is 6.34. The van der Waals surface area contributed by atoms with Gasteiger partial charge in [0, 0.05) is 20.3 Å². The number of hydrogen-bond donors (Lipinski definition) is 3. The minimum absolute atomic E-state index is 0.0932. The summed E-state index contributed by atoms with van der Waals surface area (Å²) in [5.41, 5.74) is 1.08. The van der Waals surface area contributed by atoms with Gasteiger partial charge in [0.1, 0.15) is 0 Å². The van der Waals surface area contributed by atoms with E-state index < -0.39 is 21.9 Å². The van der Waals surface area contributed by atoms with E-state index in [1.807, 2.05) is 0 Å². The lowest BCUT2D eigenvalue weighted by atomic mass is 10.1. The zero-order valence-corrected chi connectivity index (χ0v) is 14.3. The van der Waals surface area contributed by atoms with Gasteiger partial charge in [-0.3, -0.25) is 4.79 Å². The molecule has 8 nitrogen and oxygen atoms in total. The third-order valence-electron chi connectivity index (χ3n) is 3.15. The maximum atomic E-state index is 11.6. The summed E-state index contributed by atoms with van der Waals surface area (Å²) < 4.78 is 30.2. The average Bonchev–Trinajstić information content (AvgIpc) is 2.54. The Hall–Kier alpha value is -1.97. The summed E-state index contributed by atoms with van der Waals surface area (Å²) >= 11 is 0. The molecule has 0 fully saturated rings. The lowest BCUT2D eigenvalue weighted by Crippen LogP contribution is -2.38. The van der Waals surface area contributed by atoms with E-state index in [0.717, 1.165) is 5.56 Å². The largest absolute Gasteiger partial charge is 0.478 e. The molecule has 0 aliphatic heterocycles. The van der Waals surface area contributed by atoms with Crippen molar-refractivity contribution in [2.45, 2.75) is 12.8 Å². The Balaban J connectivity index is 2.27. The Morgan fingerprint density at radius 3 is 2.46 bits per heavy atom. The normalized spacial score (nSPS) is 11.2. The Kier molecular flexibility index (Phi) is 8.37. The number of amides is 1. The SMILES string of the molecule is COCCCS(=O)(=O)NCC(=O)NCCc1ccc(C(=O)O)cc1. The molecule has 0 heterocycles. The van der Waals surface area contributed by atoms with E-state index in [2.05, 4.69) is 10.0 Å². The quantitative estimate of drug-likeness (QED) is 0.479. The second-order valence-electron chi connectivity index (χ2n) is 5.09. The van der Waals surface area contributed by atoms with Gasteiger partial charge in [-0.1, -0.05) is 12.1 Å². The number of sulfonamides is 1. The van der Waals surface area contributed by atoms with E-state index in [9.17, 15) is 18.0 Å². The van der Waals surface area contributed by atoms with Crippen molar-refractivity contribution in [3.63, 3.8) is 0 Å². The van der Waals surface area contributed by atoms with E-state index in [4.69, 9.17) is 9.84 Å². The van der Waals surface area contributed by atoms with Crippen LogP contribution >= 0.6 is 0 Å². The summed E-state index contributed by atoms with van der Waals surface area (Å²) in [7, 11) is -2.00. The smallest absolute Gasteiger partial charge is 0.335 e. The van der Waals surface area contributed by atoms with Gasteiger partial charge >= 0.3 is 5.97 Å². The van der Waals surface area contributed by atoms with Crippen LogP contribution < -0.4 is 10.0 Å². The van der Waals surface area contributed by atoms with Gasteiger partial charge in [0.05, 0.1) is 17.9 Å². The van der Waals surface area contributed by atoms with Crippen LogP contribution in [0.1, 0.15) is 22.3 Å². The van der Waals surface area contributed by atoms with E-state index in [1.54, 1.807) is 12.1 Å². The standard InChI is InChI=1S/C15H22N2O6S/c1-23-9-2-10-24(21,22)17-11-14(18)16-8-7-12-3-5-13(6-4-12)15(19)20/h3-6,17H,2,7-11H2,1H3,(H,16,18)(H,19,20). The van der Waals surface area contributed by atoms with Crippen molar-refractivity contribution in [3.05, 3.63) is 35.4 Å². The van der Waals surface area contributed by atoms with Crippen molar-refractivity contribution in [2.75, 3.05) is 32.6 Å². The molecule has 0 aromatic heterocycles. The molecule has 0 radical (unpaired) electrons. The van der Waals surface area contributed by atoms with Gasteiger partial charge in [0.2, 0.25) is 15.9 Å². The number of nitrogens with one attached hydrogen (secondary N) is 2. The molecule has 3 N–H and O–H groups in total. The zero-order chi connectivity index (χ0) is 18.0. The molecule has 1 rings (SSSR count). The number of methoxy groups -OCH3 is 1. The average molecular weight is 358 g/mol. The van der Waals surface area contributed by atoms with Crippen LogP contribution in [0.5, 0.6) is 0 Å². The highest BCUT2D eigenvalue weighted by atomic mass is 32.2. The van der Waals surface area contributed by atoms with Gasteiger partial charge < -0.3 is 15.2 Å². The van der Waals surface area contributed by atoms with Crippen LogP contribution in [0.15, 0.2) is 24.3 Å². The fraction of sp³-hybridized carbons (Fsp3) is 0.467. The minimum atomic E-state index is -3.49. The van der Waals surface area contributed by atoms with Crippen LogP contribution in [0, 0.1) is 0 Å². The van der Waals surface area contributed by atoms with Crippen molar-refractivity contribution in [1.29, 1.82) is 0 Å². The molecule has 9 heteroatoms. The van der Waals surface area contributed by atoms with Crippen LogP contribution in [0.4, 0.5) is 0 Å². The van der Waals surface area contributed by atoms with Crippen molar-refractivity contribution < 1.29 is 27.9 Å². The summed E-state index contributed by atoms with van der Waals surface area (Å²) in [5.74, 6) is -1.51. The number of carboxylic acids is 1. The molecule has 134 valence electrons. The van der Waals surface area contributed by atoms with E-state index in [1.165, 1.54) is 19.2 Å². The van der Waals surface area contributed by atoms with E-state index in [0.29, 0.717) is 26.0 Å². The monoisotopic (exact) mass is 358 g/mol. The third kappa shape index (κ3) is 8.04. The van der Waals surface area contributed by atoms with Crippen LogP contribution in [0.25, 0.3) is 0 Å². The number of rotatable bonds is 11. The number of carbonyl (C=O) groups is 2. The van der Waals surface area contributed by atoms with Gasteiger partial charge in [0.25, 0.3) is 0 Å². The Morgan fingerprint density at radius 1 is 1.21 bits per heavy atom. The molecule has 0 bridgehead atoms. The Labute approximate surface area is 141 Å². The number of benzene rings is 1. The molecule has 0 unspecified atom stereocenters. The minimum Gasteiger partial charge on any atom is -0.478 e. The summed E-state index contributed by atoms with van der Waals surface area (Å²) in [6.07, 6.45) is 0.881. The number of aromatic carboxylic acids is 1. The highest BCUT2D eigenvalue weighted by molar-refractivity contribution is 7.89. The van der Waals surface area contributed by atoms with Crippen molar-refractivity contribution in [1.82, 2.24) is 10.0 Å². The predicted octanol–water partition coefficient (Wildman–Crippen LogP) is -0.000600. The number of ether oxygens (including phenoxy) is 1. The third-order valence-corrected chi connectivity index (χ3v) is 4.56. The summed E-state index contributed by atoms with van der Waals surface area (Å²) in [6.45, 7) is 0.359. The number of hydrogen-bond acceptors (Lipinski definition) is 5. The summed E-state index contributed by atoms with van der Waals surface area (Å²) in [4.78, 5) is 22.3. The molecule has 0 aliphatic carbocycles. The highest BCUT2D eigenvalue weighted by Crippen LogP contribution is 2.04. The predicted molar refractivity (Wildman–Crippen MR) is 88.4 cm³/mol. The first-order valence-electron chi connectivity index (χ1n) is 7.39. The van der Waals surface area contributed by atoms with Crippen molar-refractivity contribution in [3.8, 4) is 0 Å². The molecule has 24 heavy (non-hydrogen) atoms. The lowest BCUT2D eigenvalue weighted by Gasteiger charge is -2.08. The second kappa shape index (κ2) is 10.0. The van der Waals surface area contributed by atoms with Gasteiger partial charge in [-0.25, -0.2) is 17.9 Å². The first-order chi connectivity index (χ1) is 11.3. The number of carbonyl (C=O) groups excluding carboxylic acids is 1. The van der Waals surface area contributed by atoms with Gasteiger partial charge in [0.15, 0.2) is 0 Å². The molecule has 1 aromatic rings. The first-order valence-corrected chi connectivity index (χ1v) is 9.04. The van der Waals surface area contributed by atoms with Crippen LogP contribution in [-0.4, -0.2) is 58.0 Å². The molecular weight excluding hydrogens is 336 g/mol. The fourth-order valence-electron chi connectivity index (χ4n) is 1.86.